The second kappa shape index (κ2) is 4.90. The smallest absolute Gasteiger partial charge is 0.250 e. The zero-order valence-electron chi connectivity index (χ0n) is 9.19. The molecule has 3 nitrogen and oxygen atoms in total. The van der Waals surface area contributed by atoms with Crippen molar-refractivity contribution in [1.82, 2.24) is 9.29 Å². The Balaban J connectivity index is 3.24. The predicted molar refractivity (Wildman–Crippen MR) is 66.8 cm³/mol. The van der Waals surface area contributed by atoms with Crippen molar-refractivity contribution in [2.75, 3.05) is 0 Å². The normalized spacial score (nSPS) is 13.1. The molecular weight excluding hydrogens is 207 g/mol. The third-order valence-corrected chi connectivity index (χ3v) is 2.71. The Labute approximate surface area is 96.8 Å². The summed E-state index contributed by atoms with van der Waals surface area (Å²) < 4.78 is 4.34. The summed E-state index contributed by atoms with van der Waals surface area (Å²) in [4.78, 5) is 11.5. The van der Waals surface area contributed by atoms with E-state index in [1.807, 2.05) is 13.8 Å². The van der Waals surface area contributed by atoms with Crippen molar-refractivity contribution < 1.29 is 0 Å². The summed E-state index contributed by atoms with van der Waals surface area (Å²) in [5.74, 6) is 0.317. The van der Waals surface area contributed by atoms with E-state index in [0.29, 0.717) is 11.4 Å². The quantitative estimate of drug-likeness (QED) is 0.570. The van der Waals surface area contributed by atoms with Gasteiger partial charge in [0.15, 0.2) is 0 Å². The summed E-state index contributed by atoms with van der Waals surface area (Å²) in [7, 11) is 7.55. The van der Waals surface area contributed by atoms with Gasteiger partial charge in [-0.1, -0.05) is 32.1 Å². The Morgan fingerprint density at radius 3 is 2.60 bits per heavy atom. The number of aromatic nitrogens is 1. The maximum atomic E-state index is 11.5. The summed E-state index contributed by atoms with van der Waals surface area (Å²) >= 11 is 4.06. The Hall–Kier alpha value is -0.675. The second-order valence-corrected chi connectivity index (χ2v) is 4.24. The molecule has 0 aliphatic heterocycles. The Kier molecular flexibility index (Phi) is 4.05. The van der Waals surface area contributed by atoms with Gasteiger partial charge >= 0.3 is 0 Å². The maximum absolute atomic E-state index is 11.5. The third-order valence-electron chi connectivity index (χ3n) is 2.43. The standard InChI is InChI=1S/C10H15BN2OS/c1-6(2)10(12-15)7-4-9(14)13(3)5-8(7)11/h4-6,10,12,15H,1-3H3/t10-/m0/s1. The van der Waals surface area contributed by atoms with E-state index >= 15 is 0 Å². The van der Waals surface area contributed by atoms with Crippen molar-refractivity contribution in [3.8, 4) is 0 Å². The number of aryl methyl sites for hydroxylation is 1. The zero-order chi connectivity index (χ0) is 11.6. The molecule has 0 spiro atoms. The van der Waals surface area contributed by atoms with Crippen molar-refractivity contribution in [1.29, 1.82) is 0 Å². The Morgan fingerprint density at radius 1 is 1.53 bits per heavy atom. The third kappa shape index (κ3) is 2.66. The Morgan fingerprint density at radius 2 is 2.13 bits per heavy atom. The van der Waals surface area contributed by atoms with Gasteiger partial charge in [0.25, 0.3) is 5.56 Å². The van der Waals surface area contributed by atoms with E-state index < -0.39 is 0 Å². The zero-order valence-corrected chi connectivity index (χ0v) is 10.1. The average molecular weight is 222 g/mol. The summed E-state index contributed by atoms with van der Waals surface area (Å²) in [6.07, 6.45) is 1.64. The average Bonchev–Trinajstić information content (AvgIpc) is 2.14. The number of rotatable bonds is 3. The molecule has 0 bridgehead atoms. The van der Waals surface area contributed by atoms with E-state index in [1.54, 1.807) is 19.3 Å². The Bertz CT molecular complexity index is 403. The molecule has 1 rings (SSSR count). The van der Waals surface area contributed by atoms with Crippen LogP contribution in [0.25, 0.3) is 0 Å². The fourth-order valence-electron chi connectivity index (χ4n) is 1.51. The highest BCUT2D eigenvalue weighted by Crippen LogP contribution is 2.18. The van der Waals surface area contributed by atoms with Gasteiger partial charge < -0.3 is 4.57 Å². The molecule has 0 aliphatic carbocycles. The van der Waals surface area contributed by atoms with Crippen LogP contribution in [0, 0.1) is 5.92 Å². The first-order valence-corrected chi connectivity index (χ1v) is 5.27. The maximum Gasteiger partial charge on any atom is 0.250 e. The highest BCUT2D eigenvalue weighted by Gasteiger charge is 2.16. The van der Waals surface area contributed by atoms with Crippen LogP contribution in [-0.2, 0) is 7.05 Å². The molecule has 0 saturated carbocycles. The van der Waals surface area contributed by atoms with Crippen LogP contribution in [0.4, 0.5) is 0 Å². The lowest BCUT2D eigenvalue weighted by atomic mass is 9.85. The van der Waals surface area contributed by atoms with Gasteiger partial charge in [-0.15, -0.1) is 0 Å². The molecule has 0 amide bonds. The topological polar surface area (TPSA) is 34.0 Å². The lowest BCUT2D eigenvalue weighted by Crippen LogP contribution is -2.31. The minimum Gasteiger partial charge on any atom is -0.319 e. The van der Waals surface area contributed by atoms with Crippen LogP contribution >= 0.6 is 12.8 Å². The number of pyridine rings is 1. The van der Waals surface area contributed by atoms with Gasteiger partial charge in [0, 0.05) is 25.4 Å². The first kappa shape index (κ1) is 12.4. The van der Waals surface area contributed by atoms with Gasteiger partial charge in [-0.3, -0.25) is 9.52 Å². The molecule has 80 valence electrons. The summed E-state index contributed by atoms with van der Waals surface area (Å²) in [6.45, 7) is 4.09. The van der Waals surface area contributed by atoms with Crippen LogP contribution < -0.4 is 15.7 Å². The first-order valence-electron chi connectivity index (χ1n) is 4.83. The summed E-state index contributed by atoms with van der Waals surface area (Å²) in [5, 5.41) is 0. The van der Waals surface area contributed by atoms with Crippen molar-refractivity contribution in [2.45, 2.75) is 19.9 Å². The van der Waals surface area contributed by atoms with Crippen molar-refractivity contribution >= 4 is 26.1 Å². The summed E-state index contributed by atoms with van der Waals surface area (Å²) in [6, 6.07) is 1.55. The van der Waals surface area contributed by atoms with Crippen LogP contribution in [0.1, 0.15) is 25.5 Å². The number of thiol groups is 1. The molecule has 0 unspecified atom stereocenters. The lowest BCUT2D eigenvalue weighted by molar-refractivity contribution is 0.489. The SMILES string of the molecule is [B]c1cn(C)c(=O)cc1[C@@H](NS)C(C)C. The van der Waals surface area contributed by atoms with Crippen molar-refractivity contribution in [2.24, 2.45) is 13.0 Å². The molecule has 0 aromatic carbocycles. The number of hydrogen-bond acceptors (Lipinski definition) is 3. The minimum atomic E-state index is -0.0616. The lowest BCUT2D eigenvalue weighted by Gasteiger charge is -2.22. The molecule has 1 heterocycles. The van der Waals surface area contributed by atoms with Crippen molar-refractivity contribution in [3.05, 3.63) is 28.2 Å². The van der Waals surface area contributed by atoms with Crippen LogP contribution in [-0.4, -0.2) is 12.4 Å². The van der Waals surface area contributed by atoms with Gasteiger partial charge in [-0.2, -0.15) is 0 Å². The van der Waals surface area contributed by atoms with E-state index in [2.05, 4.69) is 17.5 Å². The molecule has 15 heavy (non-hydrogen) atoms. The largest absolute Gasteiger partial charge is 0.319 e. The molecule has 1 aromatic rings. The van der Waals surface area contributed by atoms with E-state index in [9.17, 15) is 4.79 Å². The van der Waals surface area contributed by atoms with E-state index in [-0.39, 0.29) is 11.6 Å². The van der Waals surface area contributed by atoms with Gasteiger partial charge in [-0.25, -0.2) is 0 Å². The molecule has 0 saturated heterocycles. The number of hydrogen-bond donors (Lipinski definition) is 2. The molecule has 0 aliphatic rings. The fraction of sp³-hybridized carbons (Fsp3) is 0.500. The molecule has 0 fully saturated rings. The van der Waals surface area contributed by atoms with Gasteiger partial charge in [0.1, 0.15) is 7.85 Å². The first-order chi connectivity index (χ1) is 6.97. The van der Waals surface area contributed by atoms with Crippen molar-refractivity contribution in [3.63, 3.8) is 0 Å². The molecule has 1 atom stereocenters. The number of nitrogens with one attached hydrogen (secondary N) is 1. The van der Waals surface area contributed by atoms with Crippen LogP contribution in [0.2, 0.25) is 0 Å². The monoisotopic (exact) mass is 222 g/mol. The van der Waals surface area contributed by atoms with Gasteiger partial charge in [-0.05, 0) is 11.5 Å². The highest BCUT2D eigenvalue weighted by atomic mass is 32.1. The van der Waals surface area contributed by atoms with E-state index in [0.717, 1.165) is 5.56 Å². The molecule has 5 heteroatoms. The molecule has 1 aromatic heterocycles. The molecular formula is C10H15BN2OS. The van der Waals surface area contributed by atoms with E-state index in [1.165, 1.54) is 4.57 Å². The number of nitrogens with zero attached hydrogens (tertiary/aromatic N) is 1. The van der Waals surface area contributed by atoms with Crippen LogP contribution in [0.15, 0.2) is 17.1 Å². The van der Waals surface area contributed by atoms with Gasteiger partial charge in [0.2, 0.25) is 0 Å². The van der Waals surface area contributed by atoms with Crippen LogP contribution in [0.5, 0.6) is 0 Å². The van der Waals surface area contributed by atoms with E-state index in [4.69, 9.17) is 7.85 Å². The predicted octanol–water partition coefficient (Wildman–Crippen LogP) is 0.311. The fourth-order valence-corrected chi connectivity index (χ4v) is 1.95. The van der Waals surface area contributed by atoms with Gasteiger partial charge in [0.05, 0.1) is 0 Å². The molecule has 2 radical (unpaired) electrons. The van der Waals surface area contributed by atoms with Crippen LogP contribution in [0.3, 0.4) is 0 Å². The highest BCUT2D eigenvalue weighted by molar-refractivity contribution is 7.78. The summed E-state index contributed by atoms with van der Waals surface area (Å²) in [5.41, 5.74) is 1.36. The minimum absolute atomic E-state index is 0.0118. The second-order valence-electron chi connectivity index (χ2n) is 3.98. The molecule has 1 N–H and O–H groups in total.